The van der Waals surface area contributed by atoms with Crippen molar-refractivity contribution in [3.8, 4) is 22.8 Å². The SMILES string of the molecule is COc1ccc(CC(=O)Nc2cc(-c3cccnc3)nc(-n3nc(C)cc3C)c2)cc1. The summed E-state index contributed by atoms with van der Waals surface area (Å²) in [5.74, 6) is 1.27. The van der Waals surface area contributed by atoms with Gasteiger partial charge in [-0.1, -0.05) is 12.1 Å². The number of ether oxygens (including phenoxy) is 1. The highest BCUT2D eigenvalue weighted by atomic mass is 16.5. The van der Waals surface area contributed by atoms with Crippen molar-refractivity contribution in [2.45, 2.75) is 20.3 Å². The van der Waals surface area contributed by atoms with E-state index in [-0.39, 0.29) is 12.3 Å². The first-order valence-corrected chi connectivity index (χ1v) is 9.91. The summed E-state index contributed by atoms with van der Waals surface area (Å²) in [6.07, 6.45) is 3.71. The van der Waals surface area contributed by atoms with Gasteiger partial charge in [-0.2, -0.15) is 5.10 Å². The molecule has 0 bridgehead atoms. The van der Waals surface area contributed by atoms with Gasteiger partial charge in [-0.25, -0.2) is 9.67 Å². The van der Waals surface area contributed by atoms with E-state index in [2.05, 4.69) is 15.4 Å². The maximum Gasteiger partial charge on any atom is 0.228 e. The molecule has 1 N–H and O–H groups in total. The van der Waals surface area contributed by atoms with Gasteiger partial charge in [-0.3, -0.25) is 9.78 Å². The molecule has 0 aliphatic rings. The first-order valence-electron chi connectivity index (χ1n) is 9.91. The van der Waals surface area contributed by atoms with Crippen molar-refractivity contribution < 1.29 is 9.53 Å². The molecule has 0 saturated carbocycles. The molecule has 4 rings (SSSR count). The van der Waals surface area contributed by atoms with Crippen LogP contribution in [-0.2, 0) is 11.2 Å². The summed E-state index contributed by atoms with van der Waals surface area (Å²) in [5.41, 5.74) is 4.97. The molecule has 3 aromatic heterocycles. The van der Waals surface area contributed by atoms with E-state index in [9.17, 15) is 4.79 Å². The molecule has 0 aliphatic heterocycles. The van der Waals surface area contributed by atoms with Gasteiger partial charge in [0.05, 0.1) is 24.9 Å². The third-order valence-electron chi connectivity index (χ3n) is 4.80. The van der Waals surface area contributed by atoms with Crippen LogP contribution in [0.2, 0.25) is 0 Å². The number of hydrogen-bond donors (Lipinski definition) is 1. The fourth-order valence-electron chi connectivity index (χ4n) is 3.35. The Morgan fingerprint density at radius 3 is 2.55 bits per heavy atom. The fraction of sp³-hybridized carbons (Fsp3) is 0.167. The van der Waals surface area contributed by atoms with E-state index in [1.54, 1.807) is 24.2 Å². The number of amides is 1. The van der Waals surface area contributed by atoms with Crippen LogP contribution in [0.25, 0.3) is 17.1 Å². The number of methoxy groups -OCH3 is 1. The molecule has 31 heavy (non-hydrogen) atoms. The summed E-state index contributed by atoms with van der Waals surface area (Å²) in [6.45, 7) is 3.91. The average Bonchev–Trinajstić information content (AvgIpc) is 3.12. The molecular weight excluding hydrogens is 390 g/mol. The summed E-state index contributed by atoms with van der Waals surface area (Å²) >= 11 is 0. The number of hydrogen-bond acceptors (Lipinski definition) is 5. The quantitative estimate of drug-likeness (QED) is 0.514. The third-order valence-corrected chi connectivity index (χ3v) is 4.80. The van der Waals surface area contributed by atoms with E-state index in [4.69, 9.17) is 9.72 Å². The minimum Gasteiger partial charge on any atom is -0.497 e. The van der Waals surface area contributed by atoms with Gasteiger partial charge in [0, 0.05) is 35.4 Å². The van der Waals surface area contributed by atoms with Crippen molar-refractivity contribution in [2.75, 3.05) is 12.4 Å². The molecule has 156 valence electrons. The van der Waals surface area contributed by atoms with Crippen LogP contribution in [0.15, 0.2) is 67.0 Å². The van der Waals surface area contributed by atoms with Crippen molar-refractivity contribution in [1.29, 1.82) is 0 Å². The molecule has 0 spiro atoms. The smallest absolute Gasteiger partial charge is 0.228 e. The second-order valence-electron chi connectivity index (χ2n) is 7.25. The highest BCUT2D eigenvalue weighted by Gasteiger charge is 2.12. The number of nitrogens with one attached hydrogen (secondary N) is 1. The molecule has 1 aromatic carbocycles. The Hall–Kier alpha value is -4.00. The monoisotopic (exact) mass is 413 g/mol. The van der Waals surface area contributed by atoms with E-state index >= 15 is 0 Å². The number of aryl methyl sites for hydroxylation is 2. The number of rotatable bonds is 6. The van der Waals surface area contributed by atoms with Gasteiger partial charge < -0.3 is 10.1 Å². The lowest BCUT2D eigenvalue weighted by Gasteiger charge is -2.12. The van der Waals surface area contributed by atoms with E-state index < -0.39 is 0 Å². The Kier molecular flexibility index (Phi) is 5.75. The zero-order valence-corrected chi connectivity index (χ0v) is 17.7. The zero-order chi connectivity index (χ0) is 21.8. The second kappa shape index (κ2) is 8.79. The first-order chi connectivity index (χ1) is 15.0. The van der Waals surface area contributed by atoms with Gasteiger partial charge in [0.25, 0.3) is 0 Å². The van der Waals surface area contributed by atoms with Crippen LogP contribution < -0.4 is 10.1 Å². The zero-order valence-electron chi connectivity index (χ0n) is 17.7. The largest absolute Gasteiger partial charge is 0.497 e. The van der Waals surface area contributed by atoms with Crippen LogP contribution >= 0.6 is 0 Å². The minimum atomic E-state index is -0.118. The van der Waals surface area contributed by atoms with Crippen LogP contribution in [0, 0.1) is 13.8 Å². The molecule has 0 radical (unpaired) electrons. The van der Waals surface area contributed by atoms with Gasteiger partial charge in [-0.15, -0.1) is 0 Å². The van der Waals surface area contributed by atoms with Crippen molar-refractivity contribution in [3.05, 3.63) is 83.9 Å². The molecular formula is C24H23N5O2. The molecule has 7 nitrogen and oxygen atoms in total. The van der Waals surface area contributed by atoms with Gasteiger partial charge in [0.1, 0.15) is 5.75 Å². The number of benzene rings is 1. The standard InChI is InChI=1S/C24H23N5O2/c1-16-11-17(2)29(28-16)23-14-20(13-22(27-23)19-5-4-10-25-15-19)26-24(30)12-18-6-8-21(31-3)9-7-18/h4-11,13-15H,12H2,1-3H3,(H,26,27,30). The predicted molar refractivity (Wildman–Crippen MR) is 119 cm³/mol. The number of nitrogens with zero attached hydrogens (tertiary/aromatic N) is 4. The Balaban J connectivity index is 1.64. The maximum atomic E-state index is 12.7. The van der Waals surface area contributed by atoms with E-state index in [0.717, 1.165) is 28.3 Å². The Morgan fingerprint density at radius 1 is 1.10 bits per heavy atom. The summed E-state index contributed by atoms with van der Waals surface area (Å²) in [7, 11) is 1.62. The fourth-order valence-corrected chi connectivity index (χ4v) is 3.35. The average molecular weight is 413 g/mol. The van der Waals surface area contributed by atoms with Gasteiger partial charge >= 0.3 is 0 Å². The lowest BCUT2D eigenvalue weighted by Crippen LogP contribution is -2.15. The molecule has 0 aliphatic carbocycles. The lowest BCUT2D eigenvalue weighted by molar-refractivity contribution is -0.115. The molecule has 1 amide bonds. The summed E-state index contributed by atoms with van der Waals surface area (Å²) in [5, 5.41) is 7.53. The number of carbonyl (C=O) groups is 1. The molecule has 7 heteroatoms. The molecule has 0 saturated heterocycles. The lowest BCUT2D eigenvalue weighted by atomic mass is 10.1. The van der Waals surface area contributed by atoms with Crippen LogP contribution in [0.3, 0.4) is 0 Å². The summed E-state index contributed by atoms with van der Waals surface area (Å²) in [6, 6.07) is 16.9. The number of anilines is 1. The Labute approximate surface area is 180 Å². The van der Waals surface area contributed by atoms with Gasteiger partial charge in [0.2, 0.25) is 5.91 Å². The van der Waals surface area contributed by atoms with E-state index in [1.165, 1.54) is 0 Å². The van der Waals surface area contributed by atoms with Crippen LogP contribution in [-0.4, -0.2) is 32.8 Å². The normalized spacial score (nSPS) is 10.7. The molecule has 4 aromatic rings. The minimum absolute atomic E-state index is 0.118. The first kappa shape index (κ1) is 20.3. The van der Waals surface area contributed by atoms with Crippen molar-refractivity contribution in [1.82, 2.24) is 19.7 Å². The van der Waals surface area contributed by atoms with Crippen molar-refractivity contribution in [2.24, 2.45) is 0 Å². The number of aromatic nitrogens is 4. The van der Waals surface area contributed by atoms with Gasteiger partial charge in [0.15, 0.2) is 5.82 Å². The predicted octanol–water partition coefficient (Wildman–Crippen LogP) is 4.14. The Morgan fingerprint density at radius 2 is 1.90 bits per heavy atom. The highest BCUT2D eigenvalue weighted by molar-refractivity contribution is 5.93. The third kappa shape index (κ3) is 4.78. The van der Waals surface area contributed by atoms with E-state index in [1.807, 2.05) is 68.4 Å². The summed E-state index contributed by atoms with van der Waals surface area (Å²) < 4.78 is 6.94. The van der Waals surface area contributed by atoms with Crippen molar-refractivity contribution >= 4 is 11.6 Å². The molecule has 3 heterocycles. The van der Waals surface area contributed by atoms with Gasteiger partial charge in [-0.05, 0) is 55.8 Å². The van der Waals surface area contributed by atoms with Crippen molar-refractivity contribution in [3.63, 3.8) is 0 Å². The topological polar surface area (TPSA) is 81.9 Å². The van der Waals surface area contributed by atoms with E-state index in [0.29, 0.717) is 17.2 Å². The van der Waals surface area contributed by atoms with Crippen LogP contribution in [0.1, 0.15) is 17.0 Å². The summed E-state index contributed by atoms with van der Waals surface area (Å²) in [4.78, 5) is 21.6. The van der Waals surface area contributed by atoms with Crippen LogP contribution in [0.5, 0.6) is 5.75 Å². The second-order valence-corrected chi connectivity index (χ2v) is 7.25. The van der Waals surface area contributed by atoms with Crippen LogP contribution in [0.4, 0.5) is 5.69 Å². The molecule has 0 atom stereocenters. The number of pyridine rings is 2. The highest BCUT2D eigenvalue weighted by Crippen LogP contribution is 2.24. The number of carbonyl (C=O) groups excluding carboxylic acids is 1. The molecule has 0 fully saturated rings. The Bertz CT molecular complexity index is 1200. The maximum absolute atomic E-state index is 12.7. The molecule has 0 unspecified atom stereocenters.